The van der Waals surface area contributed by atoms with Crippen molar-refractivity contribution >= 4 is 0 Å². The van der Waals surface area contributed by atoms with Crippen molar-refractivity contribution in [3.63, 3.8) is 0 Å². The molecule has 0 heterocycles. The molecule has 0 amide bonds. The van der Waals surface area contributed by atoms with Gasteiger partial charge in [-0.1, -0.05) is 6.42 Å². The zero-order chi connectivity index (χ0) is 12.5. The topological polar surface area (TPSA) is 30.5 Å². The molecule has 1 N–H and O–H groups in total. The number of hydrogen-bond donors (Lipinski definition) is 1. The molecule has 3 nitrogen and oxygen atoms in total. The second-order valence-corrected chi connectivity index (χ2v) is 4.09. The third-order valence-corrected chi connectivity index (χ3v) is 2.86. The highest BCUT2D eigenvalue weighted by Crippen LogP contribution is 2.25. The van der Waals surface area contributed by atoms with E-state index in [-0.39, 0.29) is 0 Å². The number of rotatable bonds is 8. The van der Waals surface area contributed by atoms with Crippen molar-refractivity contribution in [1.82, 2.24) is 5.32 Å². The van der Waals surface area contributed by atoms with Crippen LogP contribution in [0.2, 0.25) is 0 Å². The van der Waals surface area contributed by atoms with Crippen LogP contribution in [0.25, 0.3) is 0 Å². The van der Waals surface area contributed by atoms with Crippen molar-refractivity contribution in [3.8, 4) is 11.5 Å². The Morgan fingerprint density at radius 2 is 1.88 bits per heavy atom. The van der Waals surface area contributed by atoms with Crippen LogP contribution in [0.15, 0.2) is 18.2 Å². The van der Waals surface area contributed by atoms with Crippen LogP contribution in [-0.2, 0) is 6.42 Å². The molecule has 0 bridgehead atoms. The van der Waals surface area contributed by atoms with E-state index in [1.807, 2.05) is 19.2 Å². The Morgan fingerprint density at radius 1 is 1.06 bits per heavy atom. The number of unbranched alkanes of at least 4 members (excludes halogenated alkanes) is 2. The maximum absolute atomic E-state index is 5.36. The lowest BCUT2D eigenvalue weighted by Gasteiger charge is -2.10. The maximum atomic E-state index is 5.36. The van der Waals surface area contributed by atoms with Crippen molar-refractivity contribution in [3.05, 3.63) is 23.8 Å². The number of hydrogen-bond acceptors (Lipinski definition) is 3. The molecule has 1 aromatic carbocycles. The van der Waals surface area contributed by atoms with Gasteiger partial charge in [-0.2, -0.15) is 0 Å². The third-order valence-electron chi connectivity index (χ3n) is 2.86. The summed E-state index contributed by atoms with van der Waals surface area (Å²) in [6.45, 7) is 1.09. The fraction of sp³-hybridized carbons (Fsp3) is 0.571. The van der Waals surface area contributed by atoms with E-state index in [4.69, 9.17) is 9.47 Å². The van der Waals surface area contributed by atoms with Gasteiger partial charge in [-0.15, -0.1) is 0 Å². The van der Waals surface area contributed by atoms with Gasteiger partial charge in [0.05, 0.1) is 14.2 Å². The average molecular weight is 237 g/mol. The predicted molar refractivity (Wildman–Crippen MR) is 71.0 cm³/mol. The van der Waals surface area contributed by atoms with Crippen LogP contribution in [0.5, 0.6) is 11.5 Å². The monoisotopic (exact) mass is 237 g/mol. The van der Waals surface area contributed by atoms with Crippen molar-refractivity contribution < 1.29 is 9.47 Å². The van der Waals surface area contributed by atoms with E-state index in [0.29, 0.717) is 0 Å². The lowest BCUT2D eigenvalue weighted by atomic mass is 10.1. The summed E-state index contributed by atoms with van der Waals surface area (Å²) >= 11 is 0. The van der Waals surface area contributed by atoms with Crippen LogP contribution in [-0.4, -0.2) is 27.8 Å². The van der Waals surface area contributed by atoms with Crippen LogP contribution in [0.1, 0.15) is 24.8 Å². The van der Waals surface area contributed by atoms with Gasteiger partial charge in [0.15, 0.2) is 0 Å². The molecule has 0 aliphatic carbocycles. The van der Waals surface area contributed by atoms with Crippen molar-refractivity contribution in [2.24, 2.45) is 0 Å². The molecule has 0 radical (unpaired) electrons. The molecular weight excluding hydrogens is 214 g/mol. The summed E-state index contributed by atoms with van der Waals surface area (Å²) in [6, 6.07) is 5.97. The van der Waals surface area contributed by atoms with Gasteiger partial charge in [0.2, 0.25) is 0 Å². The smallest absolute Gasteiger partial charge is 0.122 e. The fourth-order valence-electron chi connectivity index (χ4n) is 1.87. The van der Waals surface area contributed by atoms with Gasteiger partial charge >= 0.3 is 0 Å². The average Bonchev–Trinajstić information content (AvgIpc) is 2.38. The van der Waals surface area contributed by atoms with Gasteiger partial charge in [0, 0.05) is 0 Å². The minimum atomic E-state index is 0.899. The molecule has 0 aromatic heterocycles. The Hall–Kier alpha value is -1.22. The van der Waals surface area contributed by atoms with E-state index >= 15 is 0 Å². The van der Waals surface area contributed by atoms with Crippen LogP contribution < -0.4 is 14.8 Å². The largest absolute Gasteiger partial charge is 0.497 e. The zero-order valence-electron chi connectivity index (χ0n) is 11.1. The fourth-order valence-corrected chi connectivity index (χ4v) is 1.87. The SMILES string of the molecule is CNCCCCCc1cc(OC)ccc1OC. The van der Waals surface area contributed by atoms with Gasteiger partial charge in [0.1, 0.15) is 11.5 Å². The predicted octanol–water partition coefficient (Wildman–Crippen LogP) is 2.64. The number of aryl methyl sites for hydroxylation is 1. The molecule has 1 rings (SSSR count). The number of ether oxygens (including phenoxy) is 2. The molecule has 0 saturated carbocycles. The number of methoxy groups -OCH3 is 2. The van der Waals surface area contributed by atoms with Crippen molar-refractivity contribution in [1.29, 1.82) is 0 Å². The van der Waals surface area contributed by atoms with Gasteiger partial charge in [-0.3, -0.25) is 0 Å². The Kier molecular flexibility index (Phi) is 6.48. The van der Waals surface area contributed by atoms with Crippen LogP contribution in [0, 0.1) is 0 Å². The van der Waals surface area contributed by atoms with E-state index in [0.717, 1.165) is 24.5 Å². The summed E-state index contributed by atoms with van der Waals surface area (Å²) in [7, 11) is 5.40. The second-order valence-electron chi connectivity index (χ2n) is 4.09. The number of benzene rings is 1. The molecule has 0 fully saturated rings. The van der Waals surface area contributed by atoms with Gasteiger partial charge in [-0.05, 0) is 56.6 Å². The van der Waals surface area contributed by atoms with E-state index in [1.54, 1.807) is 14.2 Å². The molecule has 0 atom stereocenters. The molecule has 0 unspecified atom stereocenters. The minimum Gasteiger partial charge on any atom is -0.497 e. The molecule has 0 aliphatic heterocycles. The lowest BCUT2D eigenvalue weighted by molar-refractivity contribution is 0.398. The van der Waals surface area contributed by atoms with Gasteiger partial charge < -0.3 is 14.8 Å². The first kappa shape index (κ1) is 13.8. The molecule has 3 heteroatoms. The van der Waals surface area contributed by atoms with Crippen molar-refractivity contribution in [2.75, 3.05) is 27.8 Å². The summed E-state index contributed by atoms with van der Waals surface area (Å²) in [5.74, 6) is 1.86. The summed E-state index contributed by atoms with van der Waals surface area (Å²) in [5, 5.41) is 3.16. The molecule has 0 spiro atoms. The summed E-state index contributed by atoms with van der Waals surface area (Å²) in [6.07, 6.45) is 4.69. The normalized spacial score (nSPS) is 10.3. The molecule has 17 heavy (non-hydrogen) atoms. The summed E-state index contributed by atoms with van der Waals surface area (Å²) in [5.41, 5.74) is 1.23. The Balaban J connectivity index is 2.49. The molecule has 0 aliphatic rings. The number of nitrogens with one attached hydrogen (secondary N) is 1. The first-order chi connectivity index (χ1) is 8.31. The van der Waals surface area contributed by atoms with Crippen LogP contribution in [0.4, 0.5) is 0 Å². The van der Waals surface area contributed by atoms with E-state index in [2.05, 4.69) is 11.4 Å². The Bertz CT molecular complexity index is 326. The Morgan fingerprint density at radius 3 is 2.53 bits per heavy atom. The molecule has 1 aromatic rings. The minimum absolute atomic E-state index is 0.899. The van der Waals surface area contributed by atoms with Gasteiger partial charge in [0.25, 0.3) is 0 Å². The summed E-state index contributed by atoms with van der Waals surface area (Å²) < 4.78 is 10.6. The summed E-state index contributed by atoms with van der Waals surface area (Å²) in [4.78, 5) is 0. The highest BCUT2D eigenvalue weighted by atomic mass is 16.5. The maximum Gasteiger partial charge on any atom is 0.122 e. The van der Waals surface area contributed by atoms with E-state index < -0.39 is 0 Å². The molecule has 96 valence electrons. The van der Waals surface area contributed by atoms with Crippen LogP contribution >= 0.6 is 0 Å². The zero-order valence-corrected chi connectivity index (χ0v) is 11.1. The first-order valence-electron chi connectivity index (χ1n) is 6.17. The van der Waals surface area contributed by atoms with E-state index in [1.165, 1.54) is 24.8 Å². The highest BCUT2D eigenvalue weighted by molar-refractivity contribution is 5.40. The molecule has 0 saturated heterocycles. The van der Waals surface area contributed by atoms with Crippen LogP contribution in [0.3, 0.4) is 0 Å². The quantitative estimate of drug-likeness (QED) is 0.705. The second kappa shape index (κ2) is 7.96. The lowest BCUT2D eigenvalue weighted by Crippen LogP contribution is -2.07. The molecular formula is C14H23NO2. The Labute approximate surface area is 104 Å². The van der Waals surface area contributed by atoms with E-state index in [9.17, 15) is 0 Å². The third kappa shape index (κ3) is 4.65. The van der Waals surface area contributed by atoms with Gasteiger partial charge in [-0.25, -0.2) is 0 Å². The van der Waals surface area contributed by atoms with Crippen molar-refractivity contribution in [2.45, 2.75) is 25.7 Å². The first-order valence-corrected chi connectivity index (χ1v) is 6.17. The highest BCUT2D eigenvalue weighted by Gasteiger charge is 2.04. The standard InChI is InChI=1S/C14H23NO2/c1-15-10-6-4-5-7-12-11-13(16-2)8-9-14(12)17-3/h8-9,11,15H,4-7,10H2,1-3H3.